The molecular formula is C13H27NO3S. The molecule has 3 unspecified atom stereocenters. The molecule has 0 amide bonds. The number of nitrogens with one attached hydrogen (secondary N) is 1. The summed E-state index contributed by atoms with van der Waals surface area (Å²) in [4.78, 5) is 0. The minimum atomic E-state index is -3.06. The van der Waals surface area contributed by atoms with Gasteiger partial charge in [0.05, 0.1) is 16.5 Å². The molecule has 3 atom stereocenters. The monoisotopic (exact) mass is 277 g/mol. The van der Waals surface area contributed by atoms with Crippen LogP contribution in [0, 0.1) is 5.92 Å². The lowest BCUT2D eigenvalue weighted by atomic mass is 9.80. The van der Waals surface area contributed by atoms with E-state index in [2.05, 4.69) is 19.2 Å². The highest BCUT2D eigenvalue weighted by atomic mass is 32.2. The van der Waals surface area contributed by atoms with Crippen LogP contribution in [0.25, 0.3) is 0 Å². The summed E-state index contributed by atoms with van der Waals surface area (Å²) in [5.74, 6) is 0.183. The Morgan fingerprint density at radius 2 is 1.78 bits per heavy atom. The summed E-state index contributed by atoms with van der Waals surface area (Å²) in [6.07, 6.45) is 2.17. The molecule has 1 N–H and O–H groups in total. The highest BCUT2D eigenvalue weighted by Crippen LogP contribution is 2.44. The fourth-order valence-corrected chi connectivity index (χ4v) is 4.05. The average Bonchev–Trinajstić information content (AvgIpc) is 2.34. The van der Waals surface area contributed by atoms with Gasteiger partial charge in [-0.2, -0.15) is 0 Å². The fraction of sp³-hybridized carbons (Fsp3) is 1.00. The first kappa shape index (κ1) is 15.9. The molecule has 0 radical (unpaired) electrons. The third-order valence-corrected chi connectivity index (χ3v) is 5.74. The van der Waals surface area contributed by atoms with Gasteiger partial charge in [0, 0.05) is 18.2 Å². The Morgan fingerprint density at radius 1 is 1.28 bits per heavy atom. The van der Waals surface area contributed by atoms with Crippen LogP contribution in [-0.4, -0.2) is 44.2 Å². The lowest BCUT2D eigenvalue weighted by molar-refractivity contribution is -0.0774. The van der Waals surface area contributed by atoms with Gasteiger partial charge in [0.1, 0.15) is 0 Å². The van der Waals surface area contributed by atoms with E-state index in [1.807, 2.05) is 20.9 Å². The Morgan fingerprint density at radius 3 is 2.06 bits per heavy atom. The standard InChI is InChI=1S/C13H27NO3S/c1-9(18(7,15)16)11(14-6)10-8-12(2,3)17-13(10,4)5/h9-11,14H,8H2,1-7H3. The molecule has 5 heteroatoms. The van der Waals surface area contributed by atoms with Crippen molar-refractivity contribution in [2.45, 2.75) is 63.5 Å². The van der Waals surface area contributed by atoms with Crippen LogP contribution in [0.3, 0.4) is 0 Å². The van der Waals surface area contributed by atoms with E-state index in [1.54, 1.807) is 6.92 Å². The Kier molecular flexibility index (Phi) is 4.21. The maximum absolute atomic E-state index is 11.8. The molecule has 18 heavy (non-hydrogen) atoms. The van der Waals surface area contributed by atoms with Crippen LogP contribution in [0.5, 0.6) is 0 Å². The summed E-state index contributed by atoms with van der Waals surface area (Å²) in [7, 11) is -1.23. The molecule has 0 aromatic rings. The molecule has 1 fully saturated rings. The van der Waals surface area contributed by atoms with Crippen molar-refractivity contribution in [3.63, 3.8) is 0 Å². The number of sulfone groups is 1. The summed E-state index contributed by atoms with van der Waals surface area (Å²) in [6, 6.07) is -0.0863. The maximum atomic E-state index is 11.8. The van der Waals surface area contributed by atoms with Crippen LogP contribution in [0.1, 0.15) is 41.0 Å². The average molecular weight is 277 g/mol. The van der Waals surface area contributed by atoms with Crippen molar-refractivity contribution in [1.29, 1.82) is 0 Å². The van der Waals surface area contributed by atoms with Gasteiger partial charge in [-0.15, -0.1) is 0 Å². The van der Waals surface area contributed by atoms with Gasteiger partial charge >= 0.3 is 0 Å². The van der Waals surface area contributed by atoms with Crippen molar-refractivity contribution in [3.05, 3.63) is 0 Å². The van der Waals surface area contributed by atoms with E-state index in [9.17, 15) is 8.42 Å². The predicted octanol–water partition coefficient (Wildman–Crippen LogP) is 1.60. The van der Waals surface area contributed by atoms with Crippen molar-refractivity contribution >= 4 is 9.84 Å². The van der Waals surface area contributed by atoms with Crippen molar-refractivity contribution in [1.82, 2.24) is 5.32 Å². The third-order valence-electron chi connectivity index (χ3n) is 4.09. The largest absolute Gasteiger partial charge is 0.369 e. The normalized spacial score (nSPS) is 30.1. The molecule has 0 spiro atoms. The Labute approximate surface area is 111 Å². The van der Waals surface area contributed by atoms with Gasteiger partial charge in [-0.3, -0.25) is 0 Å². The fourth-order valence-electron chi connectivity index (χ4n) is 3.19. The van der Waals surface area contributed by atoms with E-state index in [0.29, 0.717) is 0 Å². The van der Waals surface area contributed by atoms with Crippen LogP contribution in [0.4, 0.5) is 0 Å². The molecule has 108 valence electrons. The smallest absolute Gasteiger partial charge is 0.151 e. The summed E-state index contributed by atoms with van der Waals surface area (Å²) >= 11 is 0. The second-order valence-electron chi connectivity index (χ2n) is 6.62. The summed E-state index contributed by atoms with van der Waals surface area (Å²) in [6.45, 7) is 9.99. The molecule has 1 saturated heterocycles. The maximum Gasteiger partial charge on any atom is 0.151 e. The molecule has 1 aliphatic heterocycles. The van der Waals surface area contributed by atoms with Gasteiger partial charge < -0.3 is 10.1 Å². The molecule has 1 rings (SSSR count). The Hall–Kier alpha value is -0.130. The van der Waals surface area contributed by atoms with E-state index in [0.717, 1.165) is 6.42 Å². The van der Waals surface area contributed by atoms with E-state index >= 15 is 0 Å². The van der Waals surface area contributed by atoms with E-state index in [-0.39, 0.29) is 23.2 Å². The summed E-state index contributed by atoms with van der Waals surface area (Å²) in [5.41, 5.74) is -0.503. The van der Waals surface area contributed by atoms with E-state index in [4.69, 9.17) is 4.74 Å². The first-order valence-corrected chi connectivity index (χ1v) is 8.42. The molecule has 4 nitrogen and oxygen atoms in total. The molecular weight excluding hydrogens is 250 g/mol. The van der Waals surface area contributed by atoms with Gasteiger partial charge in [0.15, 0.2) is 9.84 Å². The van der Waals surface area contributed by atoms with Crippen LogP contribution >= 0.6 is 0 Å². The molecule has 0 aromatic carbocycles. The van der Waals surface area contributed by atoms with Gasteiger partial charge in [-0.25, -0.2) is 8.42 Å². The van der Waals surface area contributed by atoms with Gasteiger partial charge in [-0.05, 0) is 48.1 Å². The van der Waals surface area contributed by atoms with E-state index < -0.39 is 15.1 Å². The highest BCUT2D eigenvalue weighted by molar-refractivity contribution is 7.91. The quantitative estimate of drug-likeness (QED) is 0.848. The second kappa shape index (κ2) is 4.76. The van der Waals surface area contributed by atoms with Crippen molar-refractivity contribution in [2.24, 2.45) is 5.92 Å². The SMILES string of the molecule is CNC(C1CC(C)(C)OC1(C)C)C(C)S(C)(=O)=O. The molecule has 0 bridgehead atoms. The zero-order valence-corrected chi connectivity index (χ0v) is 13.4. The van der Waals surface area contributed by atoms with Crippen molar-refractivity contribution in [3.8, 4) is 0 Å². The number of hydrogen-bond donors (Lipinski definition) is 1. The first-order chi connectivity index (χ1) is 7.91. The number of rotatable bonds is 4. The van der Waals surface area contributed by atoms with Gasteiger partial charge in [0.25, 0.3) is 0 Å². The minimum absolute atomic E-state index is 0.0863. The predicted molar refractivity (Wildman–Crippen MR) is 74.5 cm³/mol. The molecule has 1 aliphatic rings. The topological polar surface area (TPSA) is 55.4 Å². The van der Waals surface area contributed by atoms with E-state index in [1.165, 1.54) is 6.26 Å². The number of hydrogen-bond acceptors (Lipinski definition) is 4. The van der Waals surface area contributed by atoms with Gasteiger partial charge in [0.2, 0.25) is 0 Å². The lowest BCUT2D eigenvalue weighted by Crippen LogP contribution is -2.51. The molecule has 0 aliphatic carbocycles. The lowest BCUT2D eigenvalue weighted by Gasteiger charge is -2.35. The van der Waals surface area contributed by atoms with Crippen LogP contribution in [-0.2, 0) is 14.6 Å². The Bertz CT molecular complexity index is 400. The second-order valence-corrected chi connectivity index (χ2v) is 9.03. The summed E-state index contributed by atoms with van der Waals surface area (Å²) in [5, 5.41) is 2.77. The zero-order chi connectivity index (χ0) is 14.4. The minimum Gasteiger partial charge on any atom is -0.369 e. The summed E-state index contributed by atoms with van der Waals surface area (Å²) < 4.78 is 29.6. The number of ether oxygens (including phenoxy) is 1. The Balaban J connectivity index is 3.04. The molecule has 0 saturated carbocycles. The third kappa shape index (κ3) is 3.25. The molecule has 1 heterocycles. The van der Waals surface area contributed by atoms with Crippen LogP contribution < -0.4 is 5.32 Å². The van der Waals surface area contributed by atoms with Crippen LogP contribution in [0.15, 0.2) is 0 Å². The van der Waals surface area contributed by atoms with Crippen molar-refractivity contribution < 1.29 is 13.2 Å². The molecule has 0 aromatic heterocycles. The van der Waals surface area contributed by atoms with Crippen LogP contribution in [0.2, 0.25) is 0 Å². The zero-order valence-electron chi connectivity index (χ0n) is 12.6. The highest BCUT2D eigenvalue weighted by Gasteiger charge is 2.50. The van der Waals surface area contributed by atoms with Crippen molar-refractivity contribution in [2.75, 3.05) is 13.3 Å². The first-order valence-electron chi connectivity index (χ1n) is 6.47. The van der Waals surface area contributed by atoms with Gasteiger partial charge in [-0.1, -0.05) is 0 Å².